The molecule has 0 fully saturated rings. The van der Waals surface area contributed by atoms with Gasteiger partial charge in [-0.3, -0.25) is 0 Å². The molecule has 0 unspecified atom stereocenters. The first kappa shape index (κ1) is 5.46. The maximum atomic E-state index is 4.58. The quantitative estimate of drug-likeness (QED) is 0.355. The average Bonchev–Trinajstić information content (AvgIpc) is 1.38. The molecule has 0 bridgehead atoms. The van der Waals surface area contributed by atoms with Crippen LogP contribution in [0.15, 0.2) is 0 Å². The summed E-state index contributed by atoms with van der Waals surface area (Å²) in [6.45, 7) is 0. The minimum atomic E-state index is 1.62. The van der Waals surface area contributed by atoms with E-state index in [2.05, 4.69) is 3.86 Å². The van der Waals surface area contributed by atoms with E-state index in [0.29, 0.717) is 0 Å². The Kier molecular flexibility index (Phi) is 2.94. The molecule has 0 aromatic rings. The number of rotatable bonds is 1. The van der Waals surface area contributed by atoms with Crippen molar-refractivity contribution in [3.05, 3.63) is 0 Å². The van der Waals surface area contributed by atoms with Crippen LogP contribution in [0.2, 0.25) is 0 Å². The minimum absolute atomic E-state index is 1.62. The predicted molar refractivity (Wildman–Crippen MR) is 20.5 cm³/mol. The Hall–Kier alpha value is 0.463. The Balaban J connectivity index is 2.54. The van der Waals surface area contributed by atoms with E-state index in [1.165, 1.54) is 0 Å². The molecule has 2 nitrogen and oxygen atoms in total. The Bertz CT molecular complexity index is 23.6. The van der Waals surface area contributed by atoms with Gasteiger partial charge in [-0.05, 0) is 0 Å². The second kappa shape index (κ2) is 2.69. The Morgan fingerprint density at radius 3 is 1.80 bits per heavy atom. The first-order valence-corrected chi connectivity index (χ1v) is 2.14. The van der Waals surface area contributed by atoms with Crippen molar-refractivity contribution in [2.45, 2.75) is 0 Å². The van der Waals surface area contributed by atoms with Crippen molar-refractivity contribution in [1.82, 2.24) is 5.06 Å². The van der Waals surface area contributed by atoms with Gasteiger partial charge in [-0.1, -0.05) is 0 Å². The third-order valence-electron chi connectivity index (χ3n) is 0.183. The van der Waals surface area contributed by atoms with E-state index in [4.69, 9.17) is 0 Å². The van der Waals surface area contributed by atoms with Crippen LogP contribution in [-0.2, 0) is 3.86 Å². The summed E-state index contributed by atoms with van der Waals surface area (Å²) in [7, 11) is 3.67. The van der Waals surface area contributed by atoms with Crippen LogP contribution in [0.25, 0.3) is 0 Å². The van der Waals surface area contributed by atoms with Crippen molar-refractivity contribution in [3.63, 3.8) is 0 Å². The molecule has 5 heavy (non-hydrogen) atoms. The third-order valence-corrected chi connectivity index (χ3v) is 0.949. The van der Waals surface area contributed by atoms with Crippen LogP contribution >= 0.6 is 0 Å². The Labute approximate surface area is 40.6 Å². The zero-order valence-corrected chi connectivity index (χ0v) is 5.45. The Morgan fingerprint density at radius 2 is 1.80 bits per heavy atom. The molecule has 0 heterocycles. The van der Waals surface area contributed by atoms with Crippen LogP contribution in [0.5, 0.6) is 0 Å². The number of hydrogen-bond donors (Lipinski definition) is 0. The average molecular weight is 133 g/mol. The number of hydrogen-bond acceptors (Lipinski definition) is 2. The van der Waals surface area contributed by atoms with Crippen LogP contribution in [-0.4, -0.2) is 36.0 Å². The van der Waals surface area contributed by atoms with Crippen LogP contribution in [0, 0.1) is 0 Å². The summed E-state index contributed by atoms with van der Waals surface area (Å²) < 4.78 is 4.58. The molecule has 0 aliphatic carbocycles. The first-order valence-electron chi connectivity index (χ1n) is 1.28. The summed E-state index contributed by atoms with van der Waals surface area (Å²) in [6, 6.07) is 0. The molecule has 0 amide bonds. The summed E-state index contributed by atoms with van der Waals surface area (Å²) >= 11 is 1.62. The van der Waals surface area contributed by atoms with E-state index in [9.17, 15) is 0 Å². The molecule has 3 radical (unpaired) electrons. The van der Waals surface area contributed by atoms with E-state index in [-0.39, 0.29) is 0 Å². The SMILES string of the molecule is CN(C)[O][Ge]. The van der Waals surface area contributed by atoms with Gasteiger partial charge < -0.3 is 0 Å². The maximum absolute atomic E-state index is 4.58. The molecule has 0 atom stereocenters. The zero-order chi connectivity index (χ0) is 4.28. The van der Waals surface area contributed by atoms with E-state index in [0.717, 1.165) is 0 Å². The molecule has 29 valence electrons. The van der Waals surface area contributed by atoms with E-state index < -0.39 is 0 Å². The van der Waals surface area contributed by atoms with Crippen molar-refractivity contribution in [3.8, 4) is 0 Å². The molecular weight excluding hydrogens is 127 g/mol. The van der Waals surface area contributed by atoms with Crippen molar-refractivity contribution >= 4 is 16.9 Å². The molecule has 0 rings (SSSR count). The molecule has 0 aliphatic heterocycles. The molecule has 0 N–H and O–H groups in total. The molecule has 0 aliphatic rings. The molecular formula is C2H6GeNO. The fourth-order valence-electron chi connectivity index (χ4n) is 0. The molecule has 0 aromatic carbocycles. The summed E-state index contributed by atoms with van der Waals surface area (Å²) in [4.78, 5) is 0. The zero-order valence-electron chi connectivity index (χ0n) is 3.36. The number of nitrogens with zero attached hydrogens (tertiary/aromatic N) is 1. The topological polar surface area (TPSA) is 12.5 Å². The van der Waals surface area contributed by atoms with Gasteiger partial charge in [0.15, 0.2) is 0 Å². The van der Waals surface area contributed by atoms with Crippen LogP contribution < -0.4 is 0 Å². The monoisotopic (exact) mass is 134 g/mol. The van der Waals surface area contributed by atoms with Crippen LogP contribution in [0.3, 0.4) is 0 Å². The summed E-state index contributed by atoms with van der Waals surface area (Å²) in [5.41, 5.74) is 0. The first-order chi connectivity index (χ1) is 2.27. The number of hydroxylamine groups is 2. The van der Waals surface area contributed by atoms with Crippen LogP contribution in [0.1, 0.15) is 0 Å². The van der Waals surface area contributed by atoms with Crippen molar-refractivity contribution < 1.29 is 3.86 Å². The van der Waals surface area contributed by atoms with Gasteiger partial charge in [0.25, 0.3) is 0 Å². The normalized spacial score (nSPS) is 9.60. The van der Waals surface area contributed by atoms with Gasteiger partial charge in [0.05, 0.1) is 0 Å². The van der Waals surface area contributed by atoms with Gasteiger partial charge in [0.2, 0.25) is 0 Å². The molecule has 0 saturated heterocycles. The van der Waals surface area contributed by atoms with Gasteiger partial charge in [0.1, 0.15) is 0 Å². The predicted octanol–water partition coefficient (Wildman–Crippen LogP) is -0.437. The summed E-state index contributed by atoms with van der Waals surface area (Å²) in [5, 5.41) is 1.62. The van der Waals surface area contributed by atoms with Gasteiger partial charge in [-0.15, -0.1) is 0 Å². The standard InChI is InChI=1S/C2H6GeNO/c1-4(2)5-3/h1-2H3. The van der Waals surface area contributed by atoms with E-state index in [1.54, 1.807) is 21.9 Å². The van der Waals surface area contributed by atoms with Gasteiger partial charge in [-0.2, -0.15) is 0 Å². The molecule has 3 heteroatoms. The van der Waals surface area contributed by atoms with Gasteiger partial charge >= 0.3 is 39.9 Å². The van der Waals surface area contributed by atoms with Crippen molar-refractivity contribution in [2.24, 2.45) is 0 Å². The molecule has 0 saturated carbocycles. The van der Waals surface area contributed by atoms with Gasteiger partial charge in [-0.25, -0.2) is 0 Å². The second-order valence-corrected chi connectivity index (χ2v) is 1.29. The van der Waals surface area contributed by atoms with E-state index in [1.807, 2.05) is 14.1 Å². The summed E-state index contributed by atoms with van der Waals surface area (Å²) in [6.07, 6.45) is 0. The Morgan fingerprint density at radius 1 is 1.60 bits per heavy atom. The fraction of sp³-hybridized carbons (Fsp3) is 1.00. The second-order valence-electron chi connectivity index (χ2n) is 0.904. The van der Waals surface area contributed by atoms with Gasteiger partial charge in [0, 0.05) is 0 Å². The summed E-state index contributed by atoms with van der Waals surface area (Å²) in [5.74, 6) is 0. The van der Waals surface area contributed by atoms with E-state index >= 15 is 0 Å². The van der Waals surface area contributed by atoms with Crippen molar-refractivity contribution in [2.75, 3.05) is 14.1 Å². The van der Waals surface area contributed by atoms with Crippen molar-refractivity contribution in [1.29, 1.82) is 0 Å². The van der Waals surface area contributed by atoms with Crippen LogP contribution in [0.4, 0.5) is 0 Å². The molecule has 0 aromatic heterocycles. The third kappa shape index (κ3) is 4.46. The fourth-order valence-corrected chi connectivity index (χ4v) is 0. The molecule has 0 spiro atoms.